The number of rotatable bonds is 10. The topological polar surface area (TPSA) is 220 Å². The lowest BCUT2D eigenvalue weighted by molar-refractivity contribution is 0.0585. The first-order valence-corrected chi connectivity index (χ1v) is 25.4. The highest BCUT2D eigenvalue weighted by Crippen LogP contribution is 2.40. The molecule has 4 atom stereocenters. The lowest BCUT2D eigenvalue weighted by atomic mass is 9.82. The summed E-state index contributed by atoms with van der Waals surface area (Å²) in [4.78, 5) is 75.3. The largest absolute Gasteiger partial charge is 0.477 e. The molecule has 16 nitrogen and oxygen atoms in total. The van der Waals surface area contributed by atoms with Crippen molar-refractivity contribution >= 4 is 113 Å². The number of hydrogen-bond donors (Lipinski definition) is 2. The Morgan fingerprint density at radius 1 is 0.686 bits per heavy atom. The molecule has 0 bridgehead atoms. The summed E-state index contributed by atoms with van der Waals surface area (Å²) in [5.41, 5.74) is 11.4. The first-order valence-electron chi connectivity index (χ1n) is 22.2. The zero-order valence-electron chi connectivity index (χ0n) is 37.9. The van der Waals surface area contributed by atoms with E-state index in [1.165, 1.54) is 36.9 Å². The molecule has 8 aromatic rings. The molecule has 0 aromatic carbocycles. The van der Waals surface area contributed by atoms with Crippen LogP contribution in [0.3, 0.4) is 0 Å². The number of carboxylic acid groups (broad SMARTS) is 1. The van der Waals surface area contributed by atoms with Crippen LogP contribution in [0.25, 0.3) is 45.1 Å². The molecule has 2 saturated carbocycles. The molecule has 0 saturated heterocycles. The van der Waals surface area contributed by atoms with Crippen LogP contribution in [0, 0.1) is 5.92 Å². The SMILES string of the molecule is COC(=O)c1cc2nc(-c3ccccn3)n([C@@H]3CCC[C@H](CC(=O)c4ccc(Br)s4)C3)c2cn1.COC(=O)c1cc2nc(-c3ccccn3)n([C@@H]3CCC[C@H](N)C3)c2cn1.Cl.O=C(O)c1ccc(Br)s1. The van der Waals surface area contributed by atoms with Gasteiger partial charge in [0.2, 0.25) is 0 Å². The standard InChI is InChI=1S/C25H23BrN4O3S.C19H21N5O2.C5H3BrO2S.ClH/c1-33-25(32)19-13-18-20(14-28-19)30(24(29-18)17-7-2-3-10-27-17)16-6-4-5-15(11-16)12-21(31)22-8-9-23(26)34-22;1-26-19(25)16-10-15-17(11-22-16)24(13-6-4-5-12(20)9-13)18(23-15)14-7-2-3-8-21-14;6-4-2-1-3(9-4)5(7)8;/h2-3,7-10,13-16H,4-6,11-12H2,1H3;2-3,7-8,10-13H,4-6,9,20H2,1H3;1-2H,(H,7,8);1H/t15-,16+;12-,13+;;/m00../s1. The zero-order valence-corrected chi connectivity index (χ0v) is 43.6. The molecular weight excluding hydrogens is 1090 g/mol. The molecule has 8 aromatic heterocycles. The van der Waals surface area contributed by atoms with E-state index in [0.29, 0.717) is 28.2 Å². The van der Waals surface area contributed by atoms with Gasteiger partial charge in [0.05, 0.1) is 61.1 Å². The van der Waals surface area contributed by atoms with Crippen LogP contribution in [0.5, 0.6) is 0 Å². The maximum absolute atomic E-state index is 12.9. The summed E-state index contributed by atoms with van der Waals surface area (Å²) in [6, 6.07) is 22.5. The first-order chi connectivity index (χ1) is 33.4. The van der Waals surface area contributed by atoms with Gasteiger partial charge in [0.1, 0.15) is 16.3 Å². The fourth-order valence-electron chi connectivity index (χ4n) is 8.89. The number of nitrogens with two attached hydrogens (primary N) is 1. The van der Waals surface area contributed by atoms with Gasteiger partial charge in [-0.25, -0.2) is 34.3 Å². The predicted octanol–water partition coefficient (Wildman–Crippen LogP) is 11.5. The number of fused-ring (bicyclic) bond motifs is 2. The van der Waals surface area contributed by atoms with Crippen LogP contribution in [-0.4, -0.2) is 88.1 Å². The molecule has 0 aliphatic heterocycles. The van der Waals surface area contributed by atoms with Crippen LogP contribution in [0.4, 0.5) is 0 Å². The van der Waals surface area contributed by atoms with E-state index in [2.05, 4.69) is 60.9 Å². The Balaban J connectivity index is 0.000000177. The van der Waals surface area contributed by atoms with Crippen molar-refractivity contribution in [2.24, 2.45) is 11.7 Å². The summed E-state index contributed by atoms with van der Waals surface area (Å²) in [5, 5.41) is 8.39. The normalized spacial score (nSPS) is 17.6. The van der Waals surface area contributed by atoms with Crippen LogP contribution in [0.1, 0.15) is 110 Å². The number of carboxylic acids is 1. The number of imidazole rings is 2. The second kappa shape index (κ2) is 23.9. The number of carbonyl (C=O) groups excluding carboxylic acids is 3. The number of pyridine rings is 4. The second-order valence-electron chi connectivity index (χ2n) is 16.5. The summed E-state index contributed by atoms with van der Waals surface area (Å²) < 4.78 is 15.8. The van der Waals surface area contributed by atoms with E-state index in [4.69, 9.17) is 30.3 Å². The highest BCUT2D eigenvalue weighted by molar-refractivity contribution is 9.11. The quantitative estimate of drug-likeness (QED) is 0.0961. The molecule has 0 spiro atoms. The van der Waals surface area contributed by atoms with Crippen molar-refractivity contribution in [3.8, 4) is 23.0 Å². The Morgan fingerprint density at radius 3 is 1.61 bits per heavy atom. The van der Waals surface area contributed by atoms with Gasteiger partial charge in [-0.05, 0) is 143 Å². The van der Waals surface area contributed by atoms with Crippen LogP contribution in [0.2, 0.25) is 0 Å². The van der Waals surface area contributed by atoms with Crippen molar-refractivity contribution in [1.82, 2.24) is 39.0 Å². The van der Waals surface area contributed by atoms with E-state index in [0.717, 1.165) is 97.9 Å². The Kier molecular flexibility index (Phi) is 17.8. The Hall–Kier alpha value is -5.77. The third-order valence-corrected chi connectivity index (χ3v) is 15.3. The Bertz CT molecular complexity index is 3110. The third-order valence-electron chi connectivity index (χ3n) is 12.0. The number of nitrogens with zero attached hydrogens (tertiary/aromatic N) is 8. The molecule has 0 radical (unpaired) electrons. The predicted molar refractivity (Wildman–Crippen MR) is 278 cm³/mol. The summed E-state index contributed by atoms with van der Waals surface area (Å²) in [7, 11) is 2.68. The lowest BCUT2D eigenvalue weighted by Crippen LogP contribution is -2.29. The van der Waals surface area contributed by atoms with Gasteiger partial charge in [0.15, 0.2) is 28.8 Å². The molecule has 8 heterocycles. The van der Waals surface area contributed by atoms with Crippen molar-refractivity contribution in [3.63, 3.8) is 0 Å². The number of carbonyl (C=O) groups is 4. The van der Waals surface area contributed by atoms with E-state index in [9.17, 15) is 19.2 Å². The number of ether oxygens (including phenoxy) is 2. The number of methoxy groups -OCH3 is 2. The number of halogens is 3. The minimum Gasteiger partial charge on any atom is -0.477 e. The minimum absolute atomic E-state index is 0. The van der Waals surface area contributed by atoms with Gasteiger partial charge < -0.3 is 29.4 Å². The molecule has 3 N–H and O–H groups in total. The number of esters is 2. The Labute approximate surface area is 433 Å². The minimum atomic E-state index is -0.870. The molecule has 0 unspecified atom stereocenters. The average molecular weight is 1130 g/mol. The average Bonchev–Trinajstić information content (AvgIpc) is 4.19. The van der Waals surface area contributed by atoms with Crippen molar-refractivity contribution in [1.29, 1.82) is 0 Å². The molecule has 2 fully saturated rings. The van der Waals surface area contributed by atoms with Gasteiger partial charge in [-0.3, -0.25) is 14.8 Å². The van der Waals surface area contributed by atoms with E-state index in [-0.39, 0.29) is 47.7 Å². The van der Waals surface area contributed by atoms with E-state index >= 15 is 0 Å². The van der Waals surface area contributed by atoms with Crippen molar-refractivity contribution in [2.45, 2.75) is 75.9 Å². The number of ketones is 1. The fraction of sp³-hybridized carbons (Fsp3) is 0.306. The molecule has 70 heavy (non-hydrogen) atoms. The summed E-state index contributed by atoms with van der Waals surface area (Å²) in [6.45, 7) is 0. The van der Waals surface area contributed by atoms with Crippen LogP contribution < -0.4 is 5.73 Å². The van der Waals surface area contributed by atoms with E-state index in [1.54, 1.807) is 49.1 Å². The highest BCUT2D eigenvalue weighted by Gasteiger charge is 2.30. The fourth-order valence-corrected chi connectivity index (χ4v) is 11.4. The lowest BCUT2D eigenvalue weighted by Gasteiger charge is -2.31. The van der Waals surface area contributed by atoms with E-state index < -0.39 is 17.9 Å². The number of hydrogen-bond acceptors (Lipinski definition) is 15. The number of Topliss-reactive ketones (excluding diaryl/α,β-unsaturated/α-hetero) is 1. The third kappa shape index (κ3) is 12.2. The van der Waals surface area contributed by atoms with Gasteiger partial charge in [-0.2, -0.15) is 0 Å². The Morgan fingerprint density at radius 2 is 1.19 bits per heavy atom. The van der Waals surface area contributed by atoms with Gasteiger partial charge in [0.25, 0.3) is 0 Å². The summed E-state index contributed by atoms with van der Waals surface area (Å²) >= 11 is 9.30. The highest BCUT2D eigenvalue weighted by atomic mass is 79.9. The smallest absolute Gasteiger partial charge is 0.356 e. The van der Waals surface area contributed by atoms with Crippen molar-refractivity contribution in [2.75, 3.05) is 14.2 Å². The second-order valence-corrected chi connectivity index (χ2v) is 21.5. The van der Waals surface area contributed by atoms with Gasteiger partial charge in [0, 0.05) is 36.9 Å². The maximum atomic E-state index is 12.9. The number of aromatic carboxylic acids is 1. The summed E-state index contributed by atoms with van der Waals surface area (Å²) in [6.07, 6.45) is 15.4. The van der Waals surface area contributed by atoms with Crippen LogP contribution >= 0.6 is 66.9 Å². The number of aromatic nitrogens is 8. The molecule has 10 rings (SSSR count). The van der Waals surface area contributed by atoms with Crippen molar-refractivity contribution < 1.29 is 33.8 Å². The van der Waals surface area contributed by atoms with E-state index in [1.807, 2.05) is 48.5 Å². The van der Waals surface area contributed by atoms with Crippen LogP contribution in [-0.2, 0) is 9.47 Å². The summed E-state index contributed by atoms with van der Waals surface area (Å²) in [5.74, 6) is 0.190. The molecule has 0 amide bonds. The van der Waals surface area contributed by atoms with Gasteiger partial charge >= 0.3 is 17.9 Å². The monoisotopic (exact) mass is 1130 g/mol. The molecule has 21 heteroatoms. The van der Waals surface area contributed by atoms with Crippen molar-refractivity contribution in [3.05, 3.63) is 126 Å². The molecule has 2 aliphatic rings. The first kappa shape index (κ1) is 52.1. The van der Waals surface area contributed by atoms with Crippen LogP contribution in [0.15, 0.2) is 105 Å². The van der Waals surface area contributed by atoms with Gasteiger partial charge in [-0.1, -0.05) is 18.6 Å². The molecular formula is C49H48Br2ClN9O7S2. The maximum Gasteiger partial charge on any atom is 0.356 e. The number of thiophene rings is 2. The van der Waals surface area contributed by atoms with Gasteiger partial charge in [-0.15, -0.1) is 35.1 Å². The zero-order chi connectivity index (χ0) is 48.6. The molecule has 364 valence electrons. The molecule has 2 aliphatic carbocycles.